The maximum atomic E-state index is 12.8. The number of imidazole rings is 1. The standard InChI is InChI=1S/C25H27N5O4S/c1-16(17-6-4-5-7-20(17)33-3)12-23(31)28-24-19(13-26)18-8-10-30(14-21(18)35-24)25(32)34-15-22-27-9-11-29(22)2/h4-7,9,11,16H,8,10,12,14-15H2,1-3H3,(H,28,31). The number of fused-ring (bicyclic) bond motifs is 1. The van der Waals surface area contributed by atoms with Gasteiger partial charge in [-0.2, -0.15) is 5.26 Å². The van der Waals surface area contributed by atoms with Crippen LogP contribution in [0.15, 0.2) is 36.7 Å². The van der Waals surface area contributed by atoms with Crippen LogP contribution in [0.2, 0.25) is 0 Å². The highest BCUT2D eigenvalue weighted by molar-refractivity contribution is 7.16. The van der Waals surface area contributed by atoms with Crippen molar-refractivity contribution in [3.05, 3.63) is 64.1 Å². The predicted octanol–water partition coefficient (Wildman–Crippen LogP) is 4.19. The minimum absolute atomic E-state index is 0.0600. The van der Waals surface area contributed by atoms with Crippen molar-refractivity contribution < 1.29 is 19.1 Å². The molecule has 1 unspecified atom stereocenters. The lowest BCUT2D eigenvalue weighted by atomic mass is 9.96. The molecule has 3 aromatic rings. The number of ether oxygens (including phenoxy) is 2. The van der Waals surface area contributed by atoms with Gasteiger partial charge in [-0.25, -0.2) is 9.78 Å². The van der Waals surface area contributed by atoms with E-state index in [2.05, 4.69) is 16.4 Å². The van der Waals surface area contributed by atoms with E-state index in [4.69, 9.17) is 9.47 Å². The molecule has 1 aliphatic rings. The molecule has 2 aromatic heterocycles. The van der Waals surface area contributed by atoms with E-state index in [9.17, 15) is 14.9 Å². The van der Waals surface area contributed by atoms with Gasteiger partial charge in [0.1, 0.15) is 22.6 Å². The molecule has 0 saturated carbocycles. The first-order valence-electron chi connectivity index (χ1n) is 11.3. The number of amides is 2. The minimum atomic E-state index is -0.429. The number of benzene rings is 1. The fraction of sp³-hybridized carbons (Fsp3) is 0.360. The summed E-state index contributed by atoms with van der Waals surface area (Å²) in [7, 11) is 3.45. The average Bonchev–Trinajstić information content (AvgIpc) is 3.43. The summed E-state index contributed by atoms with van der Waals surface area (Å²) in [6.45, 7) is 2.83. The molecule has 35 heavy (non-hydrogen) atoms. The molecule has 9 nitrogen and oxygen atoms in total. The van der Waals surface area contributed by atoms with Gasteiger partial charge in [-0.1, -0.05) is 25.1 Å². The molecule has 4 rings (SSSR count). The minimum Gasteiger partial charge on any atom is -0.496 e. The zero-order valence-electron chi connectivity index (χ0n) is 19.9. The predicted molar refractivity (Wildman–Crippen MR) is 131 cm³/mol. The highest BCUT2D eigenvalue weighted by Gasteiger charge is 2.28. The Kier molecular flexibility index (Phi) is 7.36. The van der Waals surface area contributed by atoms with E-state index in [1.165, 1.54) is 11.3 Å². The van der Waals surface area contributed by atoms with E-state index in [-0.39, 0.29) is 24.9 Å². The summed E-state index contributed by atoms with van der Waals surface area (Å²) in [5.74, 6) is 1.17. The van der Waals surface area contributed by atoms with Crippen LogP contribution in [-0.2, 0) is 36.2 Å². The number of anilines is 1. The number of nitrogens with one attached hydrogen (secondary N) is 1. The maximum absolute atomic E-state index is 12.8. The highest BCUT2D eigenvalue weighted by Crippen LogP contribution is 2.37. The molecule has 0 saturated heterocycles. The molecule has 1 aromatic carbocycles. The van der Waals surface area contributed by atoms with Crippen molar-refractivity contribution in [1.82, 2.24) is 14.5 Å². The molecule has 1 aliphatic heterocycles. The normalized spacial score (nSPS) is 13.5. The van der Waals surface area contributed by atoms with Crippen LogP contribution >= 0.6 is 11.3 Å². The van der Waals surface area contributed by atoms with Crippen LogP contribution in [0.5, 0.6) is 5.75 Å². The van der Waals surface area contributed by atoms with Crippen LogP contribution in [0.4, 0.5) is 9.80 Å². The van der Waals surface area contributed by atoms with Crippen molar-refractivity contribution in [2.45, 2.75) is 38.8 Å². The van der Waals surface area contributed by atoms with Gasteiger partial charge in [0, 0.05) is 37.3 Å². The first-order chi connectivity index (χ1) is 16.9. The van der Waals surface area contributed by atoms with Crippen molar-refractivity contribution in [2.75, 3.05) is 19.0 Å². The molecular formula is C25H27N5O4S. The van der Waals surface area contributed by atoms with Crippen molar-refractivity contribution in [1.29, 1.82) is 5.26 Å². The summed E-state index contributed by atoms with van der Waals surface area (Å²) < 4.78 is 12.6. The fourth-order valence-electron chi connectivity index (χ4n) is 4.16. The second-order valence-corrected chi connectivity index (χ2v) is 9.50. The Morgan fingerprint density at radius 3 is 2.86 bits per heavy atom. The number of aromatic nitrogens is 2. The van der Waals surface area contributed by atoms with Gasteiger partial charge >= 0.3 is 6.09 Å². The number of rotatable bonds is 7. The number of para-hydroxylation sites is 1. The Morgan fingerprint density at radius 1 is 1.34 bits per heavy atom. The first kappa shape index (κ1) is 24.3. The topological polar surface area (TPSA) is 109 Å². The van der Waals surface area contributed by atoms with Crippen LogP contribution in [-0.4, -0.2) is 40.1 Å². The van der Waals surface area contributed by atoms with E-state index in [0.717, 1.165) is 21.8 Å². The number of thiophene rings is 1. The molecule has 0 spiro atoms. The second-order valence-electron chi connectivity index (χ2n) is 8.40. The first-order valence-corrected chi connectivity index (χ1v) is 12.1. The van der Waals surface area contributed by atoms with E-state index in [1.54, 1.807) is 29.0 Å². The maximum Gasteiger partial charge on any atom is 0.410 e. The zero-order chi connectivity index (χ0) is 24.9. The molecule has 2 amide bonds. The van der Waals surface area contributed by atoms with Gasteiger partial charge in [0.15, 0.2) is 6.61 Å². The molecule has 0 radical (unpaired) electrons. The quantitative estimate of drug-likeness (QED) is 0.529. The molecule has 182 valence electrons. The Hall–Kier alpha value is -3.84. The van der Waals surface area contributed by atoms with E-state index < -0.39 is 6.09 Å². The van der Waals surface area contributed by atoms with E-state index in [0.29, 0.717) is 35.9 Å². The lowest BCUT2D eigenvalue weighted by molar-refractivity contribution is -0.116. The third kappa shape index (κ3) is 5.30. The Bertz CT molecular complexity index is 1280. The molecule has 0 aliphatic carbocycles. The monoisotopic (exact) mass is 493 g/mol. The van der Waals surface area contributed by atoms with Crippen LogP contribution in [0.25, 0.3) is 0 Å². The molecule has 10 heteroatoms. The number of carbonyl (C=O) groups is 2. The Labute approximate surface area is 207 Å². The highest BCUT2D eigenvalue weighted by atomic mass is 32.1. The van der Waals surface area contributed by atoms with Crippen LogP contribution in [0, 0.1) is 11.3 Å². The van der Waals surface area contributed by atoms with Crippen molar-refractivity contribution in [3.63, 3.8) is 0 Å². The van der Waals surface area contributed by atoms with Crippen molar-refractivity contribution >= 4 is 28.3 Å². The van der Waals surface area contributed by atoms with Gasteiger partial charge in [0.25, 0.3) is 0 Å². The summed E-state index contributed by atoms with van der Waals surface area (Å²) in [4.78, 5) is 32.1. The van der Waals surface area contributed by atoms with Crippen LogP contribution in [0.1, 0.15) is 46.7 Å². The average molecular weight is 494 g/mol. The van der Waals surface area contributed by atoms with E-state index in [1.807, 2.05) is 38.2 Å². The third-order valence-electron chi connectivity index (χ3n) is 6.09. The molecule has 0 bridgehead atoms. The van der Waals surface area contributed by atoms with Gasteiger partial charge in [-0.05, 0) is 29.5 Å². The summed E-state index contributed by atoms with van der Waals surface area (Å²) >= 11 is 1.34. The number of nitriles is 1. The summed E-state index contributed by atoms with van der Waals surface area (Å²) in [5.41, 5.74) is 2.32. The van der Waals surface area contributed by atoms with Crippen LogP contribution < -0.4 is 10.1 Å². The third-order valence-corrected chi connectivity index (χ3v) is 7.22. The lowest BCUT2D eigenvalue weighted by Crippen LogP contribution is -2.36. The summed E-state index contributed by atoms with van der Waals surface area (Å²) in [6.07, 6.45) is 3.79. The number of hydrogen-bond acceptors (Lipinski definition) is 7. The van der Waals surface area contributed by atoms with Gasteiger partial charge in [0.05, 0.1) is 19.2 Å². The molecule has 1 atom stereocenters. The Morgan fingerprint density at radius 2 is 2.14 bits per heavy atom. The second kappa shape index (κ2) is 10.6. The molecular weight excluding hydrogens is 466 g/mol. The zero-order valence-corrected chi connectivity index (χ0v) is 20.7. The SMILES string of the molecule is COc1ccccc1C(C)CC(=O)Nc1sc2c(c1C#N)CCN(C(=O)OCc1nccn1C)C2. The van der Waals surface area contributed by atoms with Crippen molar-refractivity contribution in [2.24, 2.45) is 7.05 Å². The number of hydrogen-bond donors (Lipinski definition) is 1. The van der Waals surface area contributed by atoms with Crippen LogP contribution in [0.3, 0.4) is 0 Å². The largest absolute Gasteiger partial charge is 0.496 e. The number of carbonyl (C=O) groups excluding carboxylic acids is 2. The fourth-order valence-corrected chi connectivity index (χ4v) is 5.39. The number of aryl methyl sites for hydroxylation is 1. The summed E-state index contributed by atoms with van der Waals surface area (Å²) in [6, 6.07) is 9.86. The molecule has 1 N–H and O–H groups in total. The van der Waals surface area contributed by atoms with Gasteiger partial charge in [-0.3, -0.25) is 4.79 Å². The summed E-state index contributed by atoms with van der Waals surface area (Å²) in [5, 5.41) is 13.2. The van der Waals surface area contributed by atoms with E-state index >= 15 is 0 Å². The van der Waals surface area contributed by atoms with Crippen molar-refractivity contribution in [3.8, 4) is 11.8 Å². The number of methoxy groups -OCH3 is 1. The van der Waals surface area contributed by atoms with Gasteiger partial charge in [0.2, 0.25) is 5.91 Å². The molecule has 0 fully saturated rings. The lowest BCUT2D eigenvalue weighted by Gasteiger charge is -2.26. The number of nitrogens with zero attached hydrogens (tertiary/aromatic N) is 4. The van der Waals surface area contributed by atoms with Gasteiger partial charge < -0.3 is 24.3 Å². The smallest absolute Gasteiger partial charge is 0.410 e. The Balaban J connectivity index is 1.40. The van der Waals surface area contributed by atoms with Gasteiger partial charge in [-0.15, -0.1) is 11.3 Å². The molecule has 3 heterocycles.